The number of anilines is 2. The number of benzene rings is 2. The maximum absolute atomic E-state index is 6.28. The number of nitrogens with zero attached hydrogens (tertiary/aromatic N) is 4. The lowest BCUT2D eigenvalue weighted by Gasteiger charge is -2.46. The number of hydrogen-bond acceptors (Lipinski definition) is 6. The number of amidine groups is 1. The average Bonchev–Trinajstić information content (AvgIpc) is 2.87. The molecular formula is C26H30N6O. The molecule has 33 heavy (non-hydrogen) atoms. The molecule has 3 aromatic rings. The molecule has 4 N–H and O–H groups in total. The summed E-state index contributed by atoms with van der Waals surface area (Å²) in [6.45, 7) is 4.20. The van der Waals surface area contributed by atoms with Crippen LogP contribution in [-0.4, -0.2) is 34.3 Å². The summed E-state index contributed by atoms with van der Waals surface area (Å²) in [6, 6.07) is 21.2. The zero-order valence-corrected chi connectivity index (χ0v) is 18.9. The first-order chi connectivity index (χ1) is 16.2. The van der Waals surface area contributed by atoms with Gasteiger partial charge in [-0.15, -0.1) is 0 Å². The number of hydrogen-bond donors (Lipinski definition) is 2. The molecule has 2 unspecified atom stereocenters. The van der Waals surface area contributed by atoms with Crippen LogP contribution in [0.2, 0.25) is 0 Å². The largest absolute Gasteiger partial charge is 0.453 e. The molecule has 5 rings (SSSR count). The SMILES string of the molecule is CCC1CC(N2c3ccccc3Oc3cc(/C(N)=N/N)ccc32)CCN1Cc1ccccn1. The van der Waals surface area contributed by atoms with E-state index in [4.69, 9.17) is 16.3 Å². The summed E-state index contributed by atoms with van der Waals surface area (Å²) < 4.78 is 6.28. The fourth-order valence-corrected chi connectivity index (χ4v) is 5.06. The minimum Gasteiger partial charge on any atom is -0.453 e. The van der Waals surface area contributed by atoms with Gasteiger partial charge in [0.2, 0.25) is 0 Å². The van der Waals surface area contributed by atoms with Gasteiger partial charge in [0, 0.05) is 36.9 Å². The standard InChI is InChI=1S/C26H30N6O/c1-2-20-16-21(12-14-31(20)17-19-7-5-6-13-29-19)32-22-8-3-4-9-24(22)33-25-15-18(26(27)30-28)10-11-23(25)32/h3-11,13,15,20-21H,2,12,14,16-17,28H2,1H3,(H2,27,30). The molecule has 7 nitrogen and oxygen atoms in total. The van der Waals surface area contributed by atoms with Crippen molar-refractivity contribution in [2.24, 2.45) is 16.7 Å². The van der Waals surface area contributed by atoms with Crippen LogP contribution < -0.4 is 21.2 Å². The molecule has 1 aromatic heterocycles. The van der Waals surface area contributed by atoms with Crippen LogP contribution in [0, 0.1) is 0 Å². The van der Waals surface area contributed by atoms with Crippen LogP contribution in [0.4, 0.5) is 11.4 Å². The Morgan fingerprint density at radius 2 is 1.91 bits per heavy atom. The summed E-state index contributed by atoms with van der Waals surface area (Å²) in [6.07, 6.45) is 5.11. The Bertz CT molecular complexity index is 1150. The van der Waals surface area contributed by atoms with Crippen LogP contribution in [0.15, 0.2) is 72.0 Å². The summed E-state index contributed by atoms with van der Waals surface area (Å²) in [5, 5.41) is 3.64. The monoisotopic (exact) mass is 442 g/mol. The Labute approximate surface area is 194 Å². The molecule has 2 atom stereocenters. The fourth-order valence-electron chi connectivity index (χ4n) is 5.06. The van der Waals surface area contributed by atoms with E-state index in [-0.39, 0.29) is 0 Å². The molecule has 0 aliphatic carbocycles. The minimum absolute atomic E-state index is 0.292. The number of piperidine rings is 1. The van der Waals surface area contributed by atoms with Crippen LogP contribution in [0.5, 0.6) is 11.5 Å². The van der Waals surface area contributed by atoms with E-state index in [0.717, 1.165) is 66.5 Å². The molecule has 0 bridgehead atoms. The Morgan fingerprint density at radius 1 is 1.09 bits per heavy atom. The van der Waals surface area contributed by atoms with Crippen molar-refractivity contribution < 1.29 is 4.74 Å². The van der Waals surface area contributed by atoms with E-state index in [1.165, 1.54) is 0 Å². The van der Waals surface area contributed by atoms with Gasteiger partial charge in [0.1, 0.15) is 5.84 Å². The molecule has 0 radical (unpaired) electrons. The summed E-state index contributed by atoms with van der Waals surface area (Å²) in [5.74, 6) is 7.33. The van der Waals surface area contributed by atoms with Crippen molar-refractivity contribution in [2.75, 3.05) is 11.4 Å². The van der Waals surface area contributed by atoms with Gasteiger partial charge in [-0.25, -0.2) is 0 Å². The summed E-state index contributed by atoms with van der Waals surface area (Å²) in [7, 11) is 0. The number of nitrogens with two attached hydrogens (primary N) is 2. The predicted molar refractivity (Wildman–Crippen MR) is 132 cm³/mol. The molecule has 1 saturated heterocycles. The maximum Gasteiger partial charge on any atom is 0.151 e. The molecular weight excluding hydrogens is 412 g/mol. The molecule has 1 fully saturated rings. The second-order valence-corrected chi connectivity index (χ2v) is 8.67. The quantitative estimate of drug-likeness (QED) is 0.264. The van der Waals surface area contributed by atoms with Gasteiger partial charge in [-0.05, 0) is 61.7 Å². The number of hydrazone groups is 1. The highest BCUT2D eigenvalue weighted by atomic mass is 16.5. The first kappa shape index (κ1) is 21.3. The Balaban J connectivity index is 1.45. The van der Waals surface area contributed by atoms with Crippen molar-refractivity contribution in [2.45, 2.75) is 44.8 Å². The van der Waals surface area contributed by atoms with Gasteiger partial charge in [-0.3, -0.25) is 9.88 Å². The van der Waals surface area contributed by atoms with E-state index in [1.807, 2.05) is 36.5 Å². The number of para-hydroxylation sites is 2. The lowest BCUT2D eigenvalue weighted by molar-refractivity contribution is 0.122. The summed E-state index contributed by atoms with van der Waals surface area (Å²) in [4.78, 5) is 9.57. The molecule has 0 spiro atoms. The molecule has 2 aliphatic heterocycles. The molecule has 0 amide bonds. The zero-order valence-electron chi connectivity index (χ0n) is 18.9. The number of rotatable bonds is 5. The van der Waals surface area contributed by atoms with Crippen LogP contribution in [0.3, 0.4) is 0 Å². The van der Waals surface area contributed by atoms with Gasteiger partial charge in [0.05, 0.1) is 17.1 Å². The molecule has 170 valence electrons. The number of fused-ring (bicyclic) bond motifs is 2. The Kier molecular flexibility index (Phi) is 5.88. The highest BCUT2D eigenvalue weighted by Crippen LogP contribution is 2.49. The van der Waals surface area contributed by atoms with Crippen LogP contribution in [0.25, 0.3) is 0 Å². The van der Waals surface area contributed by atoms with Gasteiger partial charge < -0.3 is 21.2 Å². The smallest absolute Gasteiger partial charge is 0.151 e. The van der Waals surface area contributed by atoms with Crippen molar-refractivity contribution in [1.82, 2.24) is 9.88 Å². The lowest BCUT2D eigenvalue weighted by atomic mass is 9.92. The van der Waals surface area contributed by atoms with Crippen LogP contribution in [0.1, 0.15) is 37.4 Å². The molecule has 2 aromatic carbocycles. The van der Waals surface area contributed by atoms with E-state index in [1.54, 1.807) is 0 Å². The first-order valence-corrected chi connectivity index (χ1v) is 11.6. The Hall–Kier alpha value is -3.58. The van der Waals surface area contributed by atoms with Crippen molar-refractivity contribution >= 4 is 17.2 Å². The van der Waals surface area contributed by atoms with Gasteiger partial charge in [0.15, 0.2) is 11.5 Å². The molecule has 0 saturated carbocycles. The lowest BCUT2D eigenvalue weighted by Crippen LogP contribution is -2.49. The van der Waals surface area contributed by atoms with Crippen molar-refractivity contribution in [3.8, 4) is 11.5 Å². The first-order valence-electron chi connectivity index (χ1n) is 11.6. The van der Waals surface area contributed by atoms with E-state index in [2.05, 4.69) is 57.1 Å². The highest BCUT2D eigenvalue weighted by Gasteiger charge is 2.36. The van der Waals surface area contributed by atoms with E-state index in [9.17, 15) is 0 Å². The Morgan fingerprint density at radius 3 is 2.70 bits per heavy atom. The second kappa shape index (κ2) is 9.11. The maximum atomic E-state index is 6.28. The van der Waals surface area contributed by atoms with Gasteiger partial charge >= 0.3 is 0 Å². The number of aromatic nitrogens is 1. The van der Waals surface area contributed by atoms with Gasteiger partial charge in [0.25, 0.3) is 0 Å². The molecule has 3 heterocycles. The third-order valence-corrected chi connectivity index (χ3v) is 6.74. The number of likely N-dealkylation sites (tertiary alicyclic amines) is 1. The zero-order chi connectivity index (χ0) is 22.8. The fraction of sp³-hybridized carbons (Fsp3) is 0.308. The van der Waals surface area contributed by atoms with Crippen molar-refractivity contribution in [3.05, 3.63) is 78.1 Å². The highest BCUT2D eigenvalue weighted by molar-refractivity contribution is 5.98. The summed E-state index contributed by atoms with van der Waals surface area (Å²) in [5.41, 5.74) is 10.0. The van der Waals surface area contributed by atoms with Crippen LogP contribution in [-0.2, 0) is 6.54 Å². The third-order valence-electron chi connectivity index (χ3n) is 6.74. The van der Waals surface area contributed by atoms with E-state index in [0.29, 0.717) is 17.9 Å². The minimum atomic E-state index is 0.292. The van der Waals surface area contributed by atoms with Crippen molar-refractivity contribution in [3.63, 3.8) is 0 Å². The van der Waals surface area contributed by atoms with E-state index >= 15 is 0 Å². The average molecular weight is 443 g/mol. The van der Waals surface area contributed by atoms with Gasteiger partial charge in [-0.1, -0.05) is 25.1 Å². The topological polar surface area (TPSA) is 93.0 Å². The van der Waals surface area contributed by atoms with Crippen LogP contribution >= 0.6 is 0 Å². The third kappa shape index (κ3) is 4.12. The number of pyridine rings is 1. The van der Waals surface area contributed by atoms with Crippen molar-refractivity contribution in [1.29, 1.82) is 0 Å². The predicted octanol–water partition coefficient (Wildman–Crippen LogP) is 4.35. The second-order valence-electron chi connectivity index (χ2n) is 8.67. The normalized spacial score (nSPS) is 20.6. The number of ether oxygens (including phenoxy) is 1. The van der Waals surface area contributed by atoms with Gasteiger partial charge in [-0.2, -0.15) is 5.10 Å². The van der Waals surface area contributed by atoms with E-state index < -0.39 is 0 Å². The molecule has 2 aliphatic rings. The summed E-state index contributed by atoms with van der Waals surface area (Å²) >= 11 is 0. The molecule has 7 heteroatoms.